The van der Waals surface area contributed by atoms with Crippen LogP contribution in [-0.2, 0) is 10.8 Å². The highest BCUT2D eigenvalue weighted by atomic mass is 14.6. The zero-order chi connectivity index (χ0) is 27.3. The van der Waals surface area contributed by atoms with Gasteiger partial charge in [-0.05, 0) is 79.2 Å². The van der Waals surface area contributed by atoms with Crippen LogP contribution in [0, 0.1) is 0 Å². The van der Waals surface area contributed by atoms with Gasteiger partial charge in [0, 0.05) is 6.04 Å². The largest absolute Gasteiger partial charge is 0.324 e. The lowest BCUT2D eigenvalue weighted by molar-refractivity contribution is 0.631. The molecule has 2 N–H and O–H groups in total. The molecule has 0 saturated carbocycles. The van der Waals surface area contributed by atoms with Crippen LogP contribution in [-0.4, -0.2) is 0 Å². The topological polar surface area (TPSA) is 26.0 Å². The second-order valence-corrected chi connectivity index (χ2v) is 11.8. The van der Waals surface area contributed by atoms with E-state index in [1.165, 1.54) is 72.3 Å². The minimum atomic E-state index is -0.443. The lowest BCUT2D eigenvalue weighted by Crippen LogP contribution is -2.43. The molecule has 0 radical (unpaired) electrons. The van der Waals surface area contributed by atoms with E-state index < -0.39 is 10.8 Å². The van der Waals surface area contributed by atoms with Gasteiger partial charge in [-0.2, -0.15) is 0 Å². The van der Waals surface area contributed by atoms with Crippen LogP contribution in [0.25, 0.3) is 22.3 Å². The van der Waals surface area contributed by atoms with Gasteiger partial charge in [-0.1, -0.05) is 140 Å². The summed E-state index contributed by atoms with van der Waals surface area (Å²) in [6, 6.07) is 52.4. The molecule has 41 heavy (non-hydrogen) atoms. The van der Waals surface area contributed by atoms with Crippen molar-refractivity contribution in [2.45, 2.75) is 23.8 Å². The van der Waals surface area contributed by atoms with Crippen LogP contribution in [0.3, 0.4) is 0 Å². The van der Waals surface area contributed by atoms with Gasteiger partial charge in [0.25, 0.3) is 0 Å². The molecule has 1 atom stereocenters. The van der Waals surface area contributed by atoms with Gasteiger partial charge in [-0.25, -0.2) is 0 Å². The Bertz CT molecular complexity index is 1950. The van der Waals surface area contributed by atoms with Crippen LogP contribution >= 0.6 is 0 Å². The highest BCUT2D eigenvalue weighted by Crippen LogP contribution is 2.67. The van der Waals surface area contributed by atoms with E-state index in [9.17, 15) is 0 Å². The minimum absolute atomic E-state index is 0.0462. The summed E-state index contributed by atoms with van der Waals surface area (Å²) in [6.45, 7) is 2.08. The first kappa shape index (κ1) is 23.0. The molecule has 9 rings (SSSR count). The van der Waals surface area contributed by atoms with E-state index in [2.05, 4.69) is 146 Å². The average Bonchev–Trinajstić information content (AvgIpc) is 3.49. The highest BCUT2D eigenvalue weighted by Gasteiger charge is 2.58. The molecule has 6 aromatic carbocycles. The van der Waals surface area contributed by atoms with Crippen molar-refractivity contribution in [3.8, 4) is 22.3 Å². The van der Waals surface area contributed by atoms with Gasteiger partial charge in [-0.3, -0.25) is 0 Å². The summed E-state index contributed by atoms with van der Waals surface area (Å²) in [5.74, 6) is 0. The maximum Gasteiger partial charge on any atom is 0.0720 e. The molecule has 1 unspecified atom stereocenters. The van der Waals surface area contributed by atoms with E-state index in [-0.39, 0.29) is 6.04 Å². The molecule has 6 aromatic rings. The first-order valence-corrected chi connectivity index (χ1v) is 14.6. The average molecular weight is 524 g/mol. The Morgan fingerprint density at radius 2 is 0.707 bits per heavy atom. The van der Waals surface area contributed by atoms with Crippen LogP contribution in [0.2, 0.25) is 0 Å². The third-order valence-electron chi connectivity index (χ3n) is 10.0. The Morgan fingerprint density at radius 3 is 1.10 bits per heavy atom. The maximum absolute atomic E-state index is 6.52. The molecule has 2 spiro atoms. The fraction of sp³-hybridized carbons (Fsp3) is 0.100. The normalized spacial score (nSPS) is 16.3. The van der Waals surface area contributed by atoms with Crippen molar-refractivity contribution in [3.63, 3.8) is 0 Å². The molecule has 194 valence electrons. The summed E-state index contributed by atoms with van der Waals surface area (Å²) >= 11 is 0. The molecule has 0 amide bonds. The van der Waals surface area contributed by atoms with E-state index >= 15 is 0 Å². The van der Waals surface area contributed by atoms with Crippen LogP contribution < -0.4 is 5.73 Å². The Kier molecular flexibility index (Phi) is 4.46. The summed E-state index contributed by atoms with van der Waals surface area (Å²) < 4.78 is 0. The van der Waals surface area contributed by atoms with Gasteiger partial charge in [-0.15, -0.1) is 0 Å². The zero-order valence-electron chi connectivity index (χ0n) is 22.9. The number of fused-ring (bicyclic) bond motifs is 16. The molecule has 3 aliphatic carbocycles. The van der Waals surface area contributed by atoms with Gasteiger partial charge in [0.15, 0.2) is 0 Å². The fourth-order valence-electron chi connectivity index (χ4n) is 8.54. The molecule has 0 aliphatic heterocycles. The second kappa shape index (κ2) is 7.94. The van der Waals surface area contributed by atoms with E-state index in [4.69, 9.17) is 5.73 Å². The van der Waals surface area contributed by atoms with Gasteiger partial charge >= 0.3 is 0 Å². The Hall–Kier alpha value is -4.72. The summed E-state index contributed by atoms with van der Waals surface area (Å²) in [5.41, 5.74) is 23.0. The first-order valence-electron chi connectivity index (χ1n) is 14.6. The molecule has 0 aromatic heterocycles. The van der Waals surface area contributed by atoms with Crippen molar-refractivity contribution in [1.82, 2.24) is 0 Å². The molecule has 3 aliphatic rings. The smallest absolute Gasteiger partial charge is 0.0720 e. The fourth-order valence-corrected chi connectivity index (χ4v) is 8.54. The number of hydrogen-bond acceptors (Lipinski definition) is 1. The minimum Gasteiger partial charge on any atom is -0.324 e. The predicted molar refractivity (Wildman–Crippen MR) is 167 cm³/mol. The van der Waals surface area contributed by atoms with Gasteiger partial charge in [0.1, 0.15) is 0 Å². The number of benzene rings is 6. The third kappa shape index (κ3) is 2.57. The second-order valence-electron chi connectivity index (χ2n) is 11.8. The molecule has 0 saturated heterocycles. The quantitative estimate of drug-likeness (QED) is 0.229. The van der Waals surface area contributed by atoms with Gasteiger partial charge in [0.2, 0.25) is 0 Å². The van der Waals surface area contributed by atoms with E-state index in [0.29, 0.717) is 0 Å². The maximum atomic E-state index is 6.52. The number of hydrogen-bond donors (Lipinski definition) is 1. The first-order chi connectivity index (χ1) is 20.2. The molecule has 0 heterocycles. The summed E-state index contributed by atoms with van der Waals surface area (Å²) in [7, 11) is 0. The van der Waals surface area contributed by atoms with Crippen molar-refractivity contribution >= 4 is 0 Å². The summed E-state index contributed by atoms with van der Waals surface area (Å²) in [4.78, 5) is 0. The summed E-state index contributed by atoms with van der Waals surface area (Å²) in [5, 5.41) is 0. The van der Waals surface area contributed by atoms with Crippen LogP contribution in [0.4, 0.5) is 0 Å². The van der Waals surface area contributed by atoms with E-state index in [1.54, 1.807) is 0 Å². The van der Waals surface area contributed by atoms with E-state index in [1.807, 2.05) is 0 Å². The zero-order valence-corrected chi connectivity index (χ0v) is 22.9. The summed E-state index contributed by atoms with van der Waals surface area (Å²) in [6.07, 6.45) is 0. The standard InChI is InChI=1S/C40H29N/c1-25(41)26-22-23-30-29-14-4-7-17-33(29)40(38(30)24-26)36-20-10-8-18-34(36)39(35-19-9-11-21-37(35)40)31-15-5-2-12-27(31)28-13-3-6-16-32(28)39/h2-25H,41H2,1H3. The number of rotatable bonds is 1. The van der Waals surface area contributed by atoms with Crippen molar-refractivity contribution in [2.24, 2.45) is 5.73 Å². The lowest BCUT2D eigenvalue weighted by Gasteiger charge is -2.48. The van der Waals surface area contributed by atoms with Crippen molar-refractivity contribution < 1.29 is 0 Å². The molecular weight excluding hydrogens is 494 g/mol. The lowest BCUT2D eigenvalue weighted by atomic mass is 9.52. The molecular formula is C40H29N. The molecule has 0 bridgehead atoms. The molecule has 1 heteroatoms. The van der Waals surface area contributed by atoms with Crippen LogP contribution in [0.5, 0.6) is 0 Å². The Balaban J connectivity index is 1.51. The van der Waals surface area contributed by atoms with Gasteiger partial charge < -0.3 is 5.73 Å². The van der Waals surface area contributed by atoms with Crippen LogP contribution in [0.1, 0.15) is 63.0 Å². The third-order valence-corrected chi connectivity index (χ3v) is 10.0. The van der Waals surface area contributed by atoms with Crippen molar-refractivity contribution in [2.75, 3.05) is 0 Å². The van der Waals surface area contributed by atoms with Gasteiger partial charge in [0.05, 0.1) is 10.8 Å². The molecule has 0 fully saturated rings. The monoisotopic (exact) mass is 523 g/mol. The van der Waals surface area contributed by atoms with Crippen molar-refractivity contribution in [1.29, 1.82) is 0 Å². The highest BCUT2D eigenvalue weighted by molar-refractivity contribution is 5.93. The Morgan fingerprint density at radius 1 is 0.390 bits per heavy atom. The molecule has 1 nitrogen and oxygen atoms in total. The van der Waals surface area contributed by atoms with Crippen LogP contribution in [0.15, 0.2) is 140 Å². The van der Waals surface area contributed by atoms with E-state index in [0.717, 1.165) is 0 Å². The predicted octanol–water partition coefficient (Wildman–Crippen LogP) is 8.75. The Labute approximate surface area is 240 Å². The van der Waals surface area contributed by atoms with Crippen molar-refractivity contribution in [3.05, 3.63) is 190 Å². The number of nitrogens with two attached hydrogens (primary N) is 1. The SMILES string of the molecule is CC(N)c1ccc2c(c1)C1(c3ccccc3-2)c2ccccc2C2(c3ccccc3-c3ccccc32)c2ccccc21.